The predicted molar refractivity (Wildman–Crippen MR) is 56.4 cm³/mol. The average Bonchev–Trinajstić information content (AvgIpc) is 2.98. The van der Waals surface area contributed by atoms with Gasteiger partial charge in [0, 0.05) is 0 Å². The van der Waals surface area contributed by atoms with Gasteiger partial charge in [0.25, 0.3) is 0 Å². The third kappa shape index (κ3) is 3.22. The molecule has 13 heavy (non-hydrogen) atoms. The lowest BCUT2D eigenvalue weighted by Gasteiger charge is -1.99. The first-order valence-corrected chi connectivity index (χ1v) is 5.33. The Kier molecular flexibility index (Phi) is 3.02. The fourth-order valence-electron chi connectivity index (χ4n) is 1.67. The van der Waals surface area contributed by atoms with Gasteiger partial charge in [-0.25, -0.2) is 0 Å². The largest absolute Gasteiger partial charge is 0.0622 e. The highest BCUT2D eigenvalue weighted by molar-refractivity contribution is 5.21. The molecule has 1 fully saturated rings. The molecule has 0 aromatic heterocycles. The van der Waals surface area contributed by atoms with Gasteiger partial charge in [0.05, 0.1) is 0 Å². The van der Waals surface area contributed by atoms with Gasteiger partial charge in [0.15, 0.2) is 0 Å². The van der Waals surface area contributed by atoms with E-state index in [4.69, 9.17) is 0 Å². The van der Waals surface area contributed by atoms with Crippen LogP contribution in [0.4, 0.5) is 0 Å². The summed E-state index contributed by atoms with van der Waals surface area (Å²) in [6.45, 7) is 0. The third-order valence-corrected chi connectivity index (χ3v) is 2.69. The molecule has 1 aliphatic rings. The highest BCUT2D eigenvalue weighted by Crippen LogP contribution is 2.34. The van der Waals surface area contributed by atoms with Crippen molar-refractivity contribution in [1.82, 2.24) is 0 Å². The van der Waals surface area contributed by atoms with Gasteiger partial charge in [-0.15, -0.1) is 0 Å². The summed E-state index contributed by atoms with van der Waals surface area (Å²) >= 11 is 0. The van der Waals surface area contributed by atoms with E-state index in [2.05, 4.69) is 36.8 Å². The monoisotopic (exact) mass is 173 g/mol. The Morgan fingerprint density at radius 2 is 1.92 bits per heavy atom. The van der Waals surface area contributed by atoms with Crippen molar-refractivity contribution in [3.8, 4) is 0 Å². The van der Waals surface area contributed by atoms with Gasteiger partial charge in [-0.3, -0.25) is 0 Å². The summed E-state index contributed by atoms with van der Waals surface area (Å²) in [6, 6.07) is 10.6. The van der Waals surface area contributed by atoms with Gasteiger partial charge >= 0.3 is 0 Å². The molecule has 0 bridgehead atoms. The summed E-state index contributed by atoms with van der Waals surface area (Å²) < 4.78 is 0. The summed E-state index contributed by atoms with van der Waals surface area (Å²) in [7, 11) is 0. The van der Waals surface area contributed by atoms with Gasteiger partial charge in [-0.05, 0) is 24.3 Å². The number of rotatable bonds is 5. The molecule has 1 radical (unpaired) electrons. The van der Waals surface area contributed by atoms with Crippen LogP contribution in [0.1, 0.15) is 37.7 Å². The molecular weight excluding hydrogens is 156 g/mol. The number of benzene rings is 1. The summed E-state index contributed by atoms with van der Waals surface area (Å²) in [5, 5.41) is 0. The standard InChI is InChI=1S/C13H17/c1-2-6-12(7-3-1)8-4-5-9-13-10-11-13/h1-3,6-8,13H,4-5,9-11H2. The first-order chi connectivity index (χ1) is 6.45. The second-order valence-corrected chi connectivity index (χ2v) is 3.99. The Balaban J connectivity index is 1.61. The number of hydrogen-bond acceptors (Lipinski definition) is 0. The van der Waals surface area contributed by atoms with E-state index >= 15 is 0 Å². The van der Waals surface area contributed by atoms with Crippen LogP contribution in [0.25, 0.3) is 0 Å². The molecule has 0 spiro atoms. The minimum absolute atomic E-state index is 1.09. The molecule has 0 amide bonds. The topological polar surface area (TPSA) is 0 Å². The maximum absolute atomic E-state index is 2.35. The van der Waals surface area contributed by atoms with Crippen molar-refractivity contribution in [2.45, 2.75) is 32.1 Å². The van der Waals surface area contributed by atoms with Crippen LogP contribution >= 0.6 is 0 Å². The zero-order valence-corrected chi connectivity index (χ0v) is 8.08. The molecule has 1 aliphatic carbocycles. The predicted octanol–water partition coefficient (Wildman–Crippen LogP) is 3.82. The van der Waals surface area contributed by atoms with Crippen molar-refractivity contribution in [2.24, 2.45) is 5.92 Å². The highest BCUT2D eigenvalue weighted by Gasteiger charge is 2.19. The fourth-order valence-corrected chi connectivity index (χ4v) is 1.67. The lowest BCUT2D eigenvalue weighted by molar-refractivity contribution is 0.665. The van der Waals surface area contributed by atoms with Crippen LogP contribution < -0.4 is 0 Å². The molecule has 0 aliphatic heterocycles. The zero-order valence-electron chi connectivity index (χ0n) is 8.08. The Hall–Kier alpha value is -0.780. The van der Waals surface area contributed by atoms with Crippen molar-refractivity contribution in [3.63, 3.8) is 0 Å². The van der Waals surface area contributed by atoms with E-state index in [0.717, 1.165) is 5.92 Å². The smallest absolute Gasteiger partial charge is 0.00931 e. The van der Waals surface area contributed by atoms with Crippen LogP contribution in [0.15, 0.2) is 30.3 Å². The van der Waals surface area contributed by atoms with Gasteiger partial charge in [0.1, 0.15) is 0 Å². The molecule has 0 heterocycles. The van der Waals surface area contributed by atoms with Crippen molar-refractivity contribution in [2.75, 3.05) is 0 Å². The Morgan fingerprint density at radius 3 is 2.62 bits per heavy atom. The van der Waals surface area contributed by atoms with Gasteiger partial charge in [0.2, 0.25) is 0 Å². The van der Waals surface area contributed by atoms with Crippen LogP contribution in [-0.4, -0.2) is 0 Å². The molecule has 0 N–H and O–H groups in total. The minimum atomic E-state index is 1.09. The van der Waals surface area contributed by atoms with Crippen LogP contribution in [-0.2, 0) is 0 Å². The second-order valence-electron chi connectivity index (χ2n) is 3.99. The molecule has 0 saturated heterocycles. The lowest BCUT2D eigenvalue weighted by Crippen LogP contribution is -1.83. The van der Waals surface area contributed by atoms with Gasteiger partial charge < -0.3 is 0 Å². The molecule has 0 atom stereocenters. The fraction of sp³-hybridized carbons (Fsp3) is 0.462. The Labute approximate surface area is 81.0 Å². The van der Waals surface area contributed by atoms with Crippen LogP contribution in [0.5, 0.6) is 0 Å². The van der Waals surface area contributed by atoms with Crippen molar-refractivity contribution in [1.29, 1.82) is 0 Å². The molecule has 1 aromatic carbocycles. The first kappa shape index (κ1) is 8.80. The zero-order chi connectivity index (χ0) is 8.93. The van der Waals surface area contributed by atoms with E-state index in [-0.39, 0.29) is 0 Å². The average molecular weight is 173 g/mol. The summed E-state index contributed by atoms with van der Waals surface area (Å²) in [5.74, 6) is 1.09. The van der Waals surface area contributed by atoms with E-state index < -0.39 is 0 Å². The number of unbranched alkanes of at least 4 members (excludes halogenated alkanes) is 1. The van der Waals surface area contributed by atoms with Gasteiger partial charge in [-0.1, -0.05) is 56.0 Å². The van der Waals surface area contributed by atoms with Crippen LogP contribution in [0.3, 0.4) is 0 Å². The van der Waals surface area contributed by atoms with Crippen LogP contribution in [0.2, 0.25) is 0 Å². The maximum atomic E-state index is 2.35. The third-order valence-electron chi connectivity index (χ3n) is 2.69. The highest BCUT2D eigenvalue weighted by atomic mass is 14.3. The minimum Gasteiger partial charge on any atom is -0.0622 e. The van der Waals surface area contributed by atoms with Crippen molar-refractivity contribution in [3.05, 3.63) is 42.3 Å². The van der Waals surface area contributed by atoms with Crippen LogP contribution in [0, 0.1) is 12.3 Å². The summed E-state index contributed by atoms with van der Waals surface area (Å²) in [6.07, 6.45) is 9.41. The van der Waals surface area contributed by atoms with E-state index in [0.29, 0.717) is 0 Å². The normalized spacial score (nSPS) is 16.0. The SMILES string of the molecule is [CH](CCCC1CC1)c1ccccc1. The molecule has 0 unspecified atom stereocenters. The maximum Gasteiger partial charge on any atom is -0.00931 e. The Bertz CT molecular complexity index is 233. The quantitative estimate of drug-likeness (QED) is 0.594. The van der Waals surface area contributed by atoms with Crippen molar-refractivity contribution >= 4 is 0 Å². The lowest BCUT2D eigenvalue weighted by atomic mass is 10.1. The number of hydrogen-bond donors (Lipinski definition) is 0. The molecule has 1 saturated carbocycles. The summed E-state index contributed by atoms with van der Waals surface area (Å²) in [5.41, 5.74) is 1.37. The summed E-state index contributed by atoms with van der Waals surface area (Å²) in [4.78, 5) is 0. The first-order valence-electron chi connectivity index (χ1n) is 5.33. The van der Waals surface area contributed by atoms with E-state index in [9.17, 15) is 0 Å². The molecular formula is C13H17. The Morgan fingerprint density at radius 1 is 1.15 bits per heavy atom. The second kappa shape index (κ2) is 4.45. The van der Waals surface area contributed by atoms with E-state index in [1.54, 1.807) is 0 Å². The molecule has 69 valence electrons. The molecule has 0 nitrogen and oxygen atoms in total. The molecule has 2 rings (SSSR count). The van der Waals surface area contributed by atoms with Gasteiger partial charge in [-0.2, -0.15) is 0 Å². The molecule has 1 aromatic rings. The van der Waals surface area contributed by atoms with E-state index in [1.165, 1.54) is 37.7 Å². The van der Waals surface area contributed by atoms with E-state index in [1.807, 2.05) is 0 Å². The molecule has 0 heteroatoms. The van der Waals surface area contributed by atoms with Crippen molar-refractivity contribution < 1.29 is 0 Å².